The molecule has 0 fully saturated rings. The number of carboxylic acid groups (broad SMARTS) is 1. The maximum atomic E-state index is 11.3. The number of hydrogen-bond acceptors (Lipinski definition) is 5. The molecule has 0 saturated carbocycles. The van der Waals surface area contributed by atoms with Gasteiger partial charge in [0.1, 0.15) is 6.04 Å². The molecular formula is C17H36N2O5. The van der Waals surface area contributed by atoms with Crippen molar-refractivity contribution in [2.24, 2.45) is 11.7 Å². The van der Waals surface area contributed by atoms with Crippen molar-refractivity contribution in [2.75, 3.05) is 20.3 Å². The number of nitrogens with two attached hydrogens (primary N) is 1. The van der Waals surface area contributed by atoms with Crippen LogP contribution in [-0.4, -0.2) is 54.0 Å². The van der Waals surface area contributed by atoms with Gasteiger partial charge in [0.05, 0.1) is 12.2 Å². The number of aliphatic carboxylic acids is 1. The minimum absolute atomic E-state index is 0.0706. The van der Waals surface area contributed by atoms with E-state index in [1.807, 2.05) is 13.8 Å². The van der Waals surface area contributed by atoms with E-state index in [0.717, 1.165) is 19.3 Å². The van der Waals surface area contributed by atoms with Crippen molar-refractivity contribution in [1.29, 1.82) is 0 Å². The summed E-state index contributed by atoms with van der Waals surface area (Å²) in [5, 5.41) is 19.8. The summed E-state index contributed by atoms with van der Waals surface area (Å²) in [4.78, 5) is 21.7. The van der Waals surface area contributed by atoms with Gasteiger partial charge in [-0.1, -0.05) is 13.8 Å². The summed E-state index contributed by atoms with van der Waals surface area (Å²) in [7, 11) is 1.58. The molecule has 5 N–H and O–H groups in total. The molecule has 0 aromatic rings. The number of aliphatic hydroxyl groups excluding tert-OH is 1. The Morgan fingerprint density at radius 1 is 1.21 bits per heavy atom. The Morgan fingerprint density at radius 3 is 2.17 bits per heavy atom. The number of nitrogens with one attached hydrogen (secondary N) is 1. The van der Waals surface area contributed by atoms with Crippen molar-refractivity contribution in [1.82, 2.24) is 5.32 Å². The minimum Gasteiger partial charge on any atom is -0.480 e. The maximum Gasteiger partial charge on any atom is 0.320 e. The van der Waals surface area contributed by atoms with Crippen LogP contribution < -0.4 is 11.1 Å². The van der Waals surface area contributed by atoms with E-state index in [2.05, 4.69) is 19.2 Å². The van der Waals surface area contributed by atoms with E-state index in [4.69, 9.17) is 20.7 Å². The second-order valence-corrected chi connectivity index (χ2v) is 6.84. The van der Waals surface area contributed by atoms with Crippen molar-refractivity contribution < 1.29 is 24.5 Å². The summed E-state index contributed by atoms with van der Waals surface area (Å²) >= 11 is 0. The number of carbonyl (C=O) groups excluding carboxylic acids is 1. The van der Waals surface area contributed by atoms with E-state index >= 15 is 0 Å². The highest BCUT2D eigenvalue weighted by Crippen LogP contribution is 2.04. The van der Waals surface area contributed by atoms with Crippen LogP contribution in [0.3, 0.4) is 0 Å². The smallest absolute Gasteiger partial charge is 0.320 e. The first-order valence-corrected chi connectivity index (χ1v) is 8.46. The van der Waals surface area contributed by atoms with Crippen LogP contribution in [0, 0.1) is 5.92 Å². The monoisotopic (exact) mass is 348 g/mol. The van der Waals surface area contributed by atoms with Gasteiger partial charge in [-0.15, -0.1) is 0 Å². The maximum absolute atomic E-state index is 11.3. The third kappa shape index (κ3) is 17.2. The largest absolute Gasteiger partial charge is 0.480 e. The predicted octanol–water partition coefficient (Wildman–Crippen LogP) is 1.52. The average molecular weight is 348 g/mol. The van der Waals surface area contributed by atoms with E-state index in [0.29, 0.717) is 25.3 Å². The minimum atomic E-state index is -0.967. The number of ether oxygens (including phenoxy) is 1. The third-order valence-corrected chi connectivity index (χ3v) is 3.46. The van der Waals surface area contributed by atoms with Gasteiger partial charge in [0.2, 0.25) is 5.91 Å². The van der Waals surface area contributed by atoms with Gasteiger partial charge in [-0.25, -0.2) is 0 Å². The number of methoxy groups -OCH3 is 1. The van der Waals surface area contributed by atoms with Gasteiger partial charge in [0.15, 0.2) is 0 Å². The summed E-state index contributed by atoms with van der Waals surface area (Å²) < 4.78 is 4.84. The quantitative estimate of drug-likeness (QED) is 0.420. The molecule has 0 aromatic carbocycles. The molecule has 24 heavy (non-hydrogen) atoms. The van der Waals surface area contributed by atoms with Crippen molar-refractivity contribution in [3.63, 3.8) is 0 Å². The van der Waals surface area contributed by atoms with Crippen LogP contribution in [0.15, 0.2) is 0 Å². The molecule has 0 aromatic heterocycles. The zero-order valence-corrected chi connectivity index (χ0v) is 15.8. The lowest BCUT2D eigenvalue weighted by atomic mass is 10.1. The Morgan fingerprint density at radius 2 is 1.79 bits per heavy atom. The van der Waals surface area contributed by atoms with E-state index < -0.39 is 12.0 Å². The Hall–Kier alpha value is -1.18. The molecule has 0 rings (SSSR count). The molecule has 144 valence electrons. The first-order valence-electron chi connectivity index (χ1n) is 8.46. The lowest BCUT2D eigenvalue weighted by molar-refractivity contribution is -0.138. The highest BCUT2D eigenvalue weighted by molar-refractivity contribution is 5.75. The van der Waals surface area contributed by atoms with E-state index in [1.54, 1.807) is 7.11 Å². The highest BCUT2D eigenvalue weighted by Gasteiger charge is 2.12. The summed E-state index contributed by atoms with van der Waals surface area (Å²) in [6, 6.07) is -0.786. The Labute approximate surface area is 145 Å². The second kappa shape index (κ2) is 14.2. The van der Waals surface area contributed by atoms with Crippen LogP contribution in [0.5, 0.6) is 0 Å². The summed E-state index contributed by atoms with van der Waals surface area (Å²) in [6.07, 6.45) is 3.41. The number of rotatable bonds is 11. The molecule has 0 heterocycles. The lowest BCUT2D eigenvalue weighted by Gasteiger charge is -2.18. The van der Waals surface area contributed by atoms with Gasteiger partial charge in [-0.2, -0.15) is 0 Å². The van der Waals surface area contributed by atoms with Crippen molar-refractivity contribution in [2.45, 2.75) is 71.4 Å². The predicted molar refractivity (Wildman–Crippen MR) is 94.7 cm³/mol. The fraction of sp³-hybridized carbons (Fsp3) is 0.882. The number of unbranched alkanes of at least 4 members (excludes halogenated alkanes) is 1. The second-order valence-electron chi connectivity index (χ2n) is 6.84. The van der Waals surface area contributed by atoms with Crippen LogP contribution in [0.1, 0.15) is 59.8 Å². The number of carbonyl (C=O) groups is 2. The van der Waals surface area contributed by atoms with Gasteiger partial charge in [-0.3, -0.25) is 9.59 Å². The fourth-order valence-corrected chi connectivity index (χ4v) is 1.41. The normalized spacial score (nSPS) is 12.3. The summed E-state index contributed by atoms with van der Waals surface area (Å²) in [5.41, 5.74) is 4.99. The first kappa shape index (κ1) is 25.1. The highest BCUT2D eigenvalue weighted by atomic mass is 16.5. The van der Waals surface area contributed by atoms with Gasteiger partial charge >= 0.3 is 5.97 Å². The molecule has 7 heteroatoms. The van der Waals surface area contributed by atoms with E-state index in [1.165, 1.54) is 0 Å². The summed E-state index contributed by atoms with van der Waals surface area (Å²) in [6.45, 7) is 8.49. The van der Waals surface area contributed by atoms with Crippen LogP contribution >= 0.6 is 0 Å². The fourth-order valence-electron chi connectivity index (χ4n) is 1.41. The number of aliphatic hydroxyl groups is 1. The number of carboxylic acids is 1. The molecule has 0 aliphatic rings. The molecule has 0 saturated heterocycles. The molecule has 0 aliphatic heterocycles. The molecule has 1 unspecified atom stereocenters. The molecule has 0 aliphatic carbocycles. The number of amides is 1. The molecular weight excluding hydrogens is 312 g/mol. The van der Waals surface area contributed by atoms with Crippen LogP contribution in [-0.2, 0) is 14.3 Å². The van der Waals surface area contributed by atoms with Crippen molar-refractivity contribution in [3.05, 3.63) is 0 Å². The molecule has 0 radical (unpaired) electrons. The van der Waals surface area contributed by atoms with Crippen LogP contribution in [0.4, 0.5) is 0 Å². The zero-order valence-electron chi connectivity index (χ0n) is 15.8. The van der Waals surface area contributed by atoms with Crippen molar-refractivity contribution in [3.8, 4) is 0 Å². The van der Waals surface area contributed by atoms with Gasteiger partial charge in [-0.05, 0) is 45.4 Å². The number of hydrogen-bond donors (Lipinski definition) is 4. The van der Waals surface area contributed by atoms with Gasteiger partial charge in [0, 0.05) is 20.1 Å². The van der Waals surface area contributed by atoms with Crippen LogP contribution in [0.2, 0.25) is 0 Å². The summed E-state index contributed by atoms with van der Waals surface area (Å²) in [5.74, 6) is -0.360. The van der Waals surface area contributed by atoms with Crippen molar-refractivity contribution >= 4 is 11.9 Å². The Kier molecular flexibility index (Phi) is 14.8. The molecule has 7 nitrogen and oxygen atoms in total. The molecule has 0 bridgehead atoms. The molecule has 1 atom stereocenters. The van der Waals surface area contributed by atoms with E-state index in [9.17, 15) is 9.59 Å². The van der Waals surface area contributed by atoms with E-state index in [-0.39, 0.29) is 18.1 Å². The zero-order chi connectivity index (χ0) is 19.2. The van der Waals surface area contributed by atoms with Gasteiger partial charge < -0.3 is 26.0 Å². The average Bonchev–Trinajstić information content (AvgIpc) is 2.52. The standard InChI is InChI=1S/C12H24N2O3.C5H12O2/c1-9(2)6-7-11(15)14-8-4-3-5-10(13)12(16)17;1-5(2,4-6)7-3/h9-10H,3-8,13H2,1-2H3,(H,14,15)(H,16,17);6H,4H2,1-3H3. The molecule has 0 spiro atoms. The SMILES string of the molecule is CC(C)CCC(=O)NCCCCC(N)C(=O)O.COC(C)(C)CO. The van der Waals surface area contributed by atoms with Crippen LogP contribution in [0.25, 0.3) is 0 Å². The van der Waals surface area contributed by atoms with Gasteiger partial charge in [0.25, 0.3) is 0 Å². The Bertz CT molecular complexity index is 340. The first-order chi connectivity index (χ1) is 11.1. The molecule has 1 amide bonds. The topological polar surface area (TPSA) is 122 Å². The lowest BCUT2D eigenvalue weighted by Crippen LogP contribution is -2.30. The third-order valence-electron chi connectivity index (χ3n) is 3.46. The Balaban J connectivity index is 0.